The van der Waals surface area contributed by atoms with Crippen LogP contribution in [-0.4, -0.2) is 22.0 Å². The van der Waals surface area contributed by atoms with E-state index in [0.29, 0.717) is 16.3 Å². The van der Waals surface area contributed by atoms with E-state index in [9.17, 15) is 9.59 Å². The third-order valence-electron chi connectivity index (χ3n) is 2.98. The highest BCUT2D eigenvalue weighted by Gasteiger charge is 2.07. The fourth-order valence-electron chi connectivity index (χ4n) is 1.78. The van der Waals surface area contributed by atoms with Crippen LogP contribution < -0.4 is 5.73 Å². The molecule has 3 N–H and O–H groups in total. The second kappa shape index (κ2) is 6.41. The number of carbonyl (C=O) groups is 2. The molecule has 1 amide bonds. The molecule has 2 rings (SSSR count). The first kappa shape index (κ1) is 15.1. The average molecular weight is 302 g/mol. The molecule has 0 saturated carbocycles. The second-order valence-electron chi connectivity index (χ2n) is 4.48. The summed E-state index contributed by atoms with van der Waals surface area (Å²) in [5.41, 5.74) is 7.94. The monoisotopic (exact) mass is 302 g/mol. The molecule has 1 aromatic heterocycles. The Hall–Kier alpha value is -2.34. The Morgan fingerprint density at radius 2 is 2.00 bits per heavy atom. The topological polar surface area (TPSA) is 93.3 Å². The number of carboxylic acid groups (broad SMARTS) is 1. The first-order chi connectivity index (χ1) is 9.97. The number of aromatic nitrogens is 1. The number of hydrogen-bond acceptors (Lipinski definition) is 4. The van der Waals surface area contributed by atoms with Gasteiger partial charge in [0.1, 0.15) is 0 Å². The number of benzene rings is 1. The SMILES string of the molecule is Cc1cc(C(N)=O)ccc1CSc1cc(C(=O)O)ccn1. The van der Waals surface area contributed by atoms with E-state index in [1.165, 1.54) is 24.0 Å². The van der Waals surface area contributed by atoms with Crippen LogP contribution in [0.3, 0.4) is 0 Å². The van der Waals surface area contributed by atoms with E-state index in [1.54, 1.807) is 18.2 Å². The first-order valence-corrected chi connectivity index (χ1v) is 7.17. The molecule has 21 heavy (non-hydrogen) atoms. The zero-order valence-corrected chi connectivity index (χ0v) is 12.2. The van der Waals surface area contributed by atoms with Gasteiger partial charge in [-0.2, -0.15) is 0 Å². The molecule has 0 bridgehead atoms. The normalized spacial score (nSPS) is 10.3. The number of carbonyl (C=O) groups excluding carboxylic acids is 1. The van der Waals surface area contributed by atoms with Gasteiger partial charge >= 0.3 is 5.97 Å². The average Bonchev–Trinajstić information content (AvgIpc) is 2.46. The number of aromatic carboxylic acids is 1. The van der Waals surface area contributed by atoms with E-state index >= 15 is 0 Å². The molecule has 1 aromatic carbocycles. The summed E-state index contributed by atoms with van der Waals surface area (Å²) in [5, 5.41) is 9.59. The van der Waals surface area contributed by atoms with Crippen molar-refractivity contribution in [3.63, 3.8) is 0 Å². The van der Waals surface area contributed by atoms with E-state index in [-0.39, 0.29) is 5.56 Å². The summed E-state index contributed by atoms with van der Waals surface area (Å²) in [6, 6.07) is 8.29. The van der Waals surface area contributed by atoms with E-state index in [1.807, 2.05) is 13.0 Å². The Bertz CT molecular complexity index is 701. The van der Waals surface area contributed by atoms with Crippen LogP contribution in [0.4, 0.5) is 0 Å². The lowest BCUT2D eigenvalue weighted by atomic mass is 10.1. The molecule has 0 unspecified atom stereocenters. The molecule has 0 aliphatic carbocycles. The highest BCUT2D eigenvalue weighted by atomic mass is 32.2. The maximum Gasteiger partial charge on any atom is 0.335 e. The minimum atomic E-state index is -0.971. The Labute approximate surface area is 126 Å². The van der Waals surface area contributed by atoms with Gasteiger partial charge in [-0.3, -0.25) is 4.79 Å². The van der Waals surface area contributed by atoms with Gasteiger partial charge in [0.15, 0.2) is 0 Å². The summed E-state index contributed by atoms with van der Waals surface area (Å²) >= 11 is 1.44. The van der Waals surface area contributed by atoms with Crippen LogP contribution in [0.2, 0.25) is 0 Å². The molecule has 1 heterocycles. The predicted octanol–water partition coefficient (Wildman–Crippen LogP) is 2.48. The zero-order valence-electron chi connectivity index (χ0n) is 11.4. The van der Waals surface area contributed by atoms with Gasteiger partial charge in [-0.15, -0.1) is 11.8 Å². The third kappa shape index (κ3) is 3.82. The van der Waals surface area contributed by atoms with Crippen molar-refractivity contribution in [2.24, 2.45) is 5.73 Å². The zero-order chi connectivity index (χ0) is 15.4. The summed E-state index contributed by atoms with van der Waals surface area (Å²) in [6.45, 7) is 1.91. The van der Waals surface area contributed by atoms with Crippen molar-refractivity contribution in [3.8, 4) is 0 Å². The summed E-state index contributed by atoms with van der Waals surface area (Å²) in [5.74, 6) is -0.782. The fraction of sp³-hybridized carbons (Fsp3) is 0.133. The van der Waals surface area contributed by atoms with Crippen molar-refractivity contribution in [2.75, 3.05) is 0 Å². The van der Waals surface area contributed by atoms with Crippen LogP contribution in [0.1, 0.15) is 31.8 Å². The largest absolute Gasteiger partial charge is 0.478 e. The number of aryl methyl sites for hydroxylation is 1. The molecular weight excluding hydrogens is 288 g/mol. The summed E-state index contributed by atoms with van der Waals surface area (Å²) in [6.07, 6.45) is 1.48. The molecule has 0 aliphatic rings. The van der Waals surface area contributed by atoms with Crippen LogP contribution in [0.5, 0.6) is 0 Å². The van der Waals surface area contributed by atoms with Crippen molar-refractivity contribution in [3.05, 3.63) is 58.8 Å². The molecule has 108 valence electrons. The molecule has 0 fully saturated rings. The van der Waals surface area contributed by atoms with Crippen molar-refractivity contribution >= 4 is 23.6 Å². The third-order valence-corrected chi connectivity index (χ3v) is 3.96. The highest BCUT2D eigenvalue weighted by molar-refractivity contribution is 7.98. The molecule has 0 radical (unpaired) electrons. The Morgan fingerprint density at radius 3 is 2.62 bits per heavy atom. The fourth-order valence-corrected chi connectivity index (χ4v) is 2.76. The van der Waals surface area contributed by atoms with E-state index in [0.717, 1.165) is 11.1 Å². The maximum atomic E-state index is 11.1. The van der Waals surface area contributed by atoms with Gasteiger partial charge in [0.25, 0.3) is 0 Å². The minimum Gasteiger partial charge on any atom is -0.478 e. The number of carboxylic acids is 1. The number of amides is 1. The molecule has 0 aliphatic heterocycles. The van der Waals surface area contributed by atoms with Crippen LogP contribution >= 0.6 is 11.8 Å². The summed E-state index contributed by atoms with van der Waals surface area (Å²) in [7, 11) is 0. The number of primary amides is 1. The van der Waals surface area contributed by atoms with Crippen LogP contribution in [0.15, 0.2) is 41.6 Å². The van der Waals surface area contributed by atoms with Crippen molar-refractivity contribution < 1.29 is 14.7 Å². The van der Waals surface area contributed by atoms with Crippen molar-refractivity contribution in [2.45, 2.75) is 17.7 Å². The number of hydrogen-bond donors (Lipinski definition) is 2. The molecule has 6 heteroatoms. The second-order valence-corrected chi connectivity index (χ2v) is 5.48. The number of nitrogens with zero attached hydrogens (tertiary/aromatic N) is 1. The van der Waals surface area contributed by atoms with Gasteiger partial charge in [0.05, 0.1) is 10.6 Å². The van der Waals surface area contributed by atoms with Gasteiger partial charge in [0, 0.05) is 17.5 Å². The lowest BCUT2D eigenvalue weighted by Crippen LogP contribution is -2.11. The Balaban J connectivity index is 2.11. The number of rotatable bonds is 5. The molecule has 2 aromatic rings. The van der Waals surface area contributed by atoms with Gasteiger partial charge in [-0.1, -0.05) is 6.07 Å². The first-order valence-electron chi connectivity index (χ1n) is 6.19. The summed E-state index contributed by atoms with van der Waals surface area (Å²) < 4.78 is 0. The van der Waals surface area contributed by atoms with Gasteiger partial charge in [0.2, 0.25) is 5.91 Å². The standard InChI is InChI=1S/C15H14N2O3S/c1-9-6-10(14(16)18)2-3-12(9)8-21-13-7-11(15(19)20)4-5-17-13/h2-7H,8H2,1H3,(H2,16,18)(H,19,20). The van der Waals surface area contributed by atoms with Crippen LogP contribution in [0.25, 0.3) is 0 Å². The maximum absolute atomic E-state index is 11.1. The van der Waals surface area contributed by atoms with Gasteiger partial charge < -0.3 is 10.8 Å². The van der Waals surface area contributed by atoms with Crippen molar-refractivity contribution in [1.82, 2.24) is 4.98 Å². The quantitative estimate of drug-likeness (QED) is 0.828. The molecule has 5 nitrogen and oxygen atoms in total. The predicted molar refractivity (Wildman–Crippen MR) is 80.5 cm³/mol. The molecular formula is C15H14N2O3S. The summed E-state index contributed by atoms with van der Waals surface area (Å²) in [4.78, 5) is 26.1. The van der Waals surface area contributed by atoms with Crippen molar-refractivity contribution in [1.29, 1.82) is 0 Å². The lowest BCUT2D eigenvalue weighted by molar-refractivity contribution is 0.0696. The number of nitrogens with two attached hydrogens (primary N) is 1. The highest BCUT2D eigenvalue weighted by Crippen LogP contribution is 2.24. The number of pyridine rings is 1. The number of thioether (sulfide) groups is 1. The molecule has 0 atom stereocenters. The minimum absolute atomic E-state index is 0.216. The molecule has 0 saturated heterocycles. The van der Waals surface area contributed by atoms with E-state index < -0.39 is 11.9 Å². The van der Waals surface area contributed by atoms with E-state index in [2.05, 4.69) is 4.98 Å². The Kier molecular flexibility index (Phi) is 4.59. The molecule has 0 spiro atoms. The van der Waals surface area contributed by atoms with Gasteiger partial charge in [-0.25, -0.2) is 9.78 Å². The lowest BCUT2D eigenvalue weighted by Gasteiger charge is -2.07. The Morgan fingerprint density at radius 1 is 1.24 bits per heavy atom. The smallest absolute Gasteiger partial charge is 0.335 e. The van der Waals surface area contributed by atoms with Crippen LogP contribution in [-0.2, 0) is 5.75 Å². The van der Waals surface area contributed by atoms with Gasteiger partial charge in [-0.05, 0) is 42.3 Å². The van der Waals surface area contributed by atoms with Crippen LogP contribution in [0, 0.1) is 6.92 Å². The van der Waals surface area contributed by atoms with E-state index in [4.69, 9.17) is 10.8 Å².